The van der Waals surface area contributed by atoms with E-state index in [1.54, 1.807) is 4.90 Å². The van der Waals surface area contributed by atoms with Crippen LogP contribution in [-0.2, 0) is 4.74 Å². The van der Waals surface area contributed by atoms with Crippen LogP contribution in [0.3, 0.4) is 0 Å². The van der Waals surface area contributed by atoms with Crippen molar-refractivity contribution in [3.05, 3.63) is 59.7 Å². The fraction of sp³-hybridized carbons (Fsp3) is 0.409. The van der Waals surface area contributed by atoms with E-state index in [9.17, 15) is 9.90 Å². The van der Waals surface area contributed by atoms with E-state index >= 15 is 0 Å². The maximum atomic E-state index is 12.6. The molecule has 1 N–H and O–H groups in total. The van der Waals surface area contributed by atoms with Crippen LogP contribution in [-0.4, -0.2) is 42.4 Å². The SMILES string of the molecule is CC1CN(C(=O)OCC2c3ccccc3-c3ccccc32)CCC1CO. The van der Waals surface area contributed by atoms with Crippen molar-refractivity contribution >= 4 is 6.09 Å². The van der Waals surface area contributed by atoms with Crippen molar-refractivity contribution in [3.63, 3.8) is 0 Å². The van der Waals surface area contributed by atoms with Crippen LogP contribution in [0.1, 0.15) is 30.4 Å². The Morgan fingerprint density at radius 3 is 2.31 bits per heavy atom. The normalized spacial score (nSPS) is 22.0. The summed E-state index contributed by atoms with van der Waals surface area (Å²) >= 11 is 0. The average Bonchev–Trinajstić information content (AvgIpc) is 3.00. The molecular formula is C22H25NO3. The first-order valence-corrected chi connectivity index (χ1v) is 9.39. The number of ether oxygens (including phenoxy) is 1. The van der Waals surface area contributed by atoms with Gasteiger partial charge in [0.25, 0.3) is 0 Å². The van der Waals surface area contributed by atoms with Crippen molar-refractivity contribution in [2.45, 2.75) is 19.3 Å². The fourth-order valence-corrected chi connectivity index (χ4v) is 4.32. The van der Waals surface area contributed by atoms with E-state index in [-0.39, 0.29) is 24.5 Å². The number of rotatable bonds is 3. The van der Waals surface area contributed by atoms with E-state index in [1.165, 1.54) is 22.3 Å². The highest BCUT2D eigenvalue weighted by atomic mass is 16.6. The summed E-state index contributed by atoms with van der Waals surface area (Å²) in [7, 11) is 0. The minimum atomic E-state index is -0.241. The van der Waals surface area contributed by atoms with Gasteiger partial charge in [0.05, 0.1) is 0 Å². The lowest BCUT2D eigenvalue weighted by Crippen LogP contribution is -2.44. The number of hydrogen-bond acceptors (Lipinski definition) is 3. The van der Waals surface area contributed by atoms with Crippen LogP contribution in [0.25, 0.3) is 11.1 Å². The molecule has 0 aromatic heterocycles. The molecule has 1 saturated heterocycles. The highest BCUT2D eigenvalue weighted by molar-refractivity contribution is 5.79. The molecule has 0 saturated carbocycles. The summed E-state index contributed by atoms with van der Waals surface area (Å²) in [5, 5.41) is 9.38. The lowest BCUT2D eigenvalue weighted by molar-refractivity contribution is 0.0557. The summed E-state index contributed by atoms with van der Waals surface area (Å²) in [5.41, 5.74) is 4.94. The zero-order chi connectivity index (χ0) is 18.1. The first-order valence-electron chi connectivity index (χ1n) is 9.39. The van der Waals surface area contributed by atoms with E-state index in [0.717, 1.165) is 6.42 Å². The summed E-state index contributed by atoms with van der Waals surface area (Å²) in [4.78, 5) is 14.3. The van der Waals surface area contributed by atoms with E-state index < -0.39 is 0 Å². The zero-order valence-corrected chi connectivity index (χ0v) is 15.1. The first-order chi connectivity index (χ1) is 12.7. The second-order valence-corrected chi connectivity index (χ2v) is 7.46. The molecule has 1 aliphatic heterocycles. The van der Waals surface area contributed by atoms with Gasteiger partial charge in [-0.2, -0.15) is 0 Å². The molecule has 0 bridgehead atoms. The van der Waals surface area contributed by atoms with Crippen LogP contribution in [0.5, 0.6) is 0 Å². The van der Waals surface area contributed by atoms with Crippen LogP contribution in [0.2, 0.25) is 0 Å². The molecule has 0 spiro atoms. The predicted octanol–water partition coefficient (Wildman–Crippen LogP) is 3.89. The van der Waals surface area contributed by atoms with Gasteiger partial charge >= 0.3 is 6.09 Å². The van der Waals surface area contributed by atoms with Gasteiger partial charge in [-0.25, -0.2) is 4.79 Å². The molecule has 4 nitrogen and oxygen atoms in total. The Bertz CT molecular complexity index is 758. The topological polar surface area (TPSA) is 49.8 Å². The molecule has 1 amide bonds. The molecule has 26 heavy (non-hydrogen) atoms. The van der Waals surface area contributed by atoms with Crippen molar-refractivity contribution in [1.82, 2.24) is 4.90 Å². The Hall–Kier alpha value is -2.33. The van der Waals surface area contributed by atoms with Crippen LogP contribution in [0, 0.1) is 11.8 Å². The Balaban J connectivity index is 1.46. The lowest BCUT2D eigenvalue weighted by Gasteiger charge is -2.35. The molecule has 1 fully saturated rings. The van der Waals surface area contributed by atoms with Crippen molar-refractivity contribution in [1.29, 1.82) is 0 Å². The summed E-state index contributed by atoms with van der Waals surface area (Å²) in [6.45, 7) is 3.96. The molecule has 2 unspecified atom stereocenters. The largest absolute Gasteiger partial charge is 0.448 e. The number of likely N-dealkylation sites (tertiary alicyclic amines) is 1. The molecule has 4 rings (SSSR count). The number of benzene rings is 2. The number of aliphatic hydroxyl groups is 1. The van der Waals surface area contributed by atoms with Crippen molar-refractivity contribution < 1.29 is 14.6 Å². The van der Waals surface area contributed by atoms with Crippen LogP contribution >= 0.6 is 0 Å². The van der Waals surface area contributed by atoms with Gasteiger partial charge in [0.15, 0.2) is 0 Å². The van der Waals surface area contributed by atoms with Crippen LogP contribution < -0.4 is 0 Å². The molecule has 2 aromatic rings. The number of nitrogens with zero attached hydrogens (tertiary/aromatic N) is 1. The van der Waals surface area contributed by atoms with E-state index in [4.69, 9.17) is 4.74 Å². The standard InChI is InChI=1S/C22H25NO3/c1-15-12-23(11-10-16(15)13-24)22(25)26-14-21-19-8-4-2-6-17(19)18-7-3-5-9-20(18)21/h2-9,15-16,21,24H,10-14H2,1H3. The number of hydrogen-bond donors (Lipinski definition) is 1. The predicted molar refractivity (Wildman–Crippen MR) is 101 cm³/mol. The van der Waals surface area contributed by atoms with Crippen LogP contribution in [0.4, 0.5) is 4.79 Å². The minimum Gasteiger partial charge on any atom is -0.448 e. The number of carbonyl (C=O) groups is 1. The Labute approximate surface area is 154 Å². The van der Waals surface area contributed by atoms with E-state index in [1.807, 2.05) is 12.1 Å². The highest BCUT2D eigenvalue weighted by Gasteiger charge is 2.32. The molecule has 136 valence electrons. The van der Waals surface area contributed by atoms with Crippen molar-refractivity contribution in [2.75, 3.05) is 26.3 Å². The third-order valence-electron chi connectivity index (χ3n) is 5.91. The second-order valence-electron chi connectivity index (χ2n) is 7.46. The molecule has 0 radical (unpaired) electrons. The van der Waals surface area contributed by atoms with Gasteiger partial charge in [-0.3, -0.25) is 0 Å². The Morgan fingerprint density at radius 2 is 1.73 bits per heavy atom. The maximum Gasteiger partial charge on any atom is 0.409 e. The minimum absolute atomic E-state index is 0.0961. The van der Waals surface area contributed by atoms with Gasteiger partial charge in [0.1, 0.15) is 6.61 Å². The quantitative estimate of drug-likeness (QED) is 0.913. The number of carbonyl (C=O) groups excluding carboxylic acids is 1. The number of piperidine rings is 1. The third-order valence-corrected chi connectivity index (χ3v) is 5.91. The smallest absolute Gasteiger partial charge is 0.409 e. The monoisotopic (exact) mass is 351 g/mol. The zero-order valence-electron chi connectivity index (χ0n) is 15.1. The van der Waals surface area contributed by atoms with Crippen molar-refractivity contribution in [3.8, 4) is 11.1 Å². The summed E-state index contributed by atoms with van der Waals surface area (Å²) in [5.74, 6) is 0.681. The number of amides is 1. The summed E-state index contributed by atoms with van der Waals surface area (Å²) in [6.07, 6.45) is 0.595. The highest BCUT2D eigenvalue weighted by Crippen LogP contribution is 2.44. The molecule has 2 aliphatic rings. The van der Waals surface area contributed by atoms with E-state index in [0.29, 0.717) is 25.6 Å². The first kappa shape index (κ1) is 17.1. The van der Waals surface area contributed by atoms with Crippen LogP contribution in [0.15, 0.2) is 48.5 Å². The molecule has 1 aliphatic carbocycles. The molecule has 2 atom stereocenters. The summed E-state index contributed by atoms with van der Waals surface area (Å²) < 4.78 is 5.72. The second kappa shape index (κ2) is 7.12. The molecule has 2 aromatic carbocycles. The van der Waals surface area contributed by atoms with Gasteiger partial charge in [0.2, 0.25) is 0 Å². The van der Waals surface area contributed by atoms with E-state index in [2.05, 4.69) is 43.3 Å². The van der Waals surface area contributed by atoms with Crippen molar-refractivity contribution in [2.24, 2.45) is 11.8 Å². The number of fused-ring (bicyclic) bond motifs is 3. The van der Waals surface area contributed by atoms with Gasteiger partial charge in [-0.1, -0.05) is 55.5 Å². The molecule has 1 heterocycles. The summed E-state index contributed by atoms with van der Waals surface area (Å²) in [6, 6.07) is 16.7. The molecule has 4 heteroatoms. The molecular weight excluding hydrogens is 326 g/mol. The average molecular weight is 351 g/mol. The maximum absolute atomic E-state index is 12.6. The van der Waals surface area contributed by atoms with Gasteiger partial charge in [0, 0.05) is 25.6 Å². The Kier molecular flexibility index (Phi) is 4.68. The number of aliphatic hydroxyl groups excluding tert-OH is 1. The fourth-order valence-electron chi connectivity index (χ4n) is 4.32. The Morgan fingerprint density at radius 1 is 1.12 bits per heavy atom. The van der Waals surface area contributed by atoms with Gasteiger partial charge in [-0.05, 0) is 40.5 Å². The van der Waals surface area contributed by atoms with Gasteiger partial charge in [-0.15, -0.1) is 0 Å². The third kappa shape index (κ3) is 2.99. The lowest BCUT2D eigenvalue weighted by atomic mass is 9.88. The van der Waals surface area contributed by atoms with Gasteiger partial charge < -0.3 is 14.7 Å².